The Morgan fingerprint density at radius 1 is 1.03 bits per heavy atom. The van der Waals surface area contributed by atoms with Gasteiger partial charge in [0, 0.05) is 19.0 Å². The highest BCUT2D eigenvalue weighted by atomic mass is 16.5. The molecule has 2 N–H and O–H groups in total. The molecule has 0 aliphatic carbocycles. The van der Waals surface area contributed by atoms with Crippen LogP contribution in [0.5, 0.6) is 5.75 Å². The van der Waals surface area contributed by atoms with Crippen LogP contribution in [-0.2, 0) is 11.3 Å². The van der Waals surface area contributed by atoms with Crippen LogP contribution < -0.4 is 15.4 Å². The molecule has 2 amide bonds. The van der Waals surface area contributed by atoms with Crippen molar-refractivity contribution in [3.63, 3.8) is 0 Å². The molecule has 0 fully saturated rings. The molecule has 1 heterocycles. The number of hydrogen-bond acceptors (Lipinski definition) is 4. The molecule has 3 rings (SSSR count). The molecule has 150 valence electrons. The molecule has 1 aromatic heterocycles. The molecule has 29 heavy (non-hydrogen) atoms. The average Bonchev–Trinajstić information content (AvgIpc) is 3.17. The molecule has 0 atom stereocenters. The lowest BCUT2D eigenvalue weighted by molar-refractivity contribution is -0.115. The summed E-state index contributed by atoms with van der Waals surface area (Å²) in [5, 5.41) is 10.0. The molecule has 0 radical (unpaired) electrons. The Balaban J connectivity index is 1.75. The first-order valence-corrected chi connectivity index (χ1v) is 9.56. The topological polar surface area (TPSA) is 85.3 Å². The number of ether oxygens (including phenoxy) is 1. The minimum absolute atomic E-state index is 0.150. The van der Waals surface area contributed by atoms with Gasteiger partial charge in [0.15, 0.2) is 5.69 Å². The van der Waals surface area contributed by atoms with Gasteiger partial charge in [0.2, 0.25) is 5.91 Å². The van der Waals surface area contributed by atoms with E-state index in [-0.39, 0.29) is 17.5 Å². The second-order valence-corrected chi connectivity index (χ2v) is 6.32. The summed E-state index contributed by atoms with van der Waals surface area (Å²) in [6.07, 6.45) is 0.333. The van der Waals surface area contributed by atoms with Crippen molar-refractivity contribution in [3.05, 3.63) is 71.9 Å². The highest BCUT2D eigenvalue weighted by Crippen LogP contribution is 2.18. The molecule has 3 aromatic rings. The Morgan fingerprint density at radius 3 is 2.41 bits per heavy atom. The standard InChI is InChI=1S/C22H24N4O3/c1-3-21(27)24-20-14-19(25-26(20)17-8-6-5-7-9-17)22(28)23-15-16-10-12-18(13-11-16)29-4-2/h5-14H,3-4,15H2,1-2H3,(H,23,28)(H,24,27). The first-order chi connectivity index (χ1) is 14.1. The Morgan fingerprint density at radius 2 is 1.76 bits per heavy atom. The Labute approximate surface area is 169 Å². The number of benzene rings is 2. The van der Waals surface area contributed by atoms with Crippen LogP contribution in [0.25, 0.3) is 5.69 Å². The number of rotatable bonds is 8. The summed E-state index contributed by atoms with van der Waals surface area (Å²) in [7, 11) is 0. The summed E-state index contributed by atoms with van der Waals surface area (Å²) in [4.78, 5) is 24.5. The number of nitrogens with one attached hydrogen (secondary N) is 2. The van der Waals surface area contributed by atoms with Gasteiger partial charge in [-0.15, -0.1) is 0 Å². The van der Waals surface area contributed by atoms with Crippen molar-refractivity contribution in [2.75, 3.05) is 11.9 Å². The summed E-state index contributed by atoms with van der Waals surface area (Å²) in [6, 6.07) is 18.5. The van der Waals surface area contributed by atoms with E-state index in [1.807, 2.05) is 61.5 Å². The number of nitrogens with zero attached hydrogens (tertiary/aromatic N) is 2. The van der Waals surface area contributed by atoms with Crippen LogP contribution in [0.1, 0.15) is 36.3 Å². The van der Waals surface area contributed by atoms with E-state index in [4.69, 9.17) is 4.74 Å². The van der Waals surface area contributed by atoms with Gasteiger partial charge in [0.25, 0.3) is 5.91 Å². The van der Waals surface area contributed by atoms with Crippen LogP contribution in [0, 0.1) is 0 Å². The number of aromatic nitrogens is 2. The lowest BCUT2D eigenvalue weighted by Crippen LogP contribution is -2.23. The smallest absolute Gasteiger partial charge is 0.272 e. The van der Waals surface area contributed by atoms with Gasteiger partial charge < -0.3 is 15.4 Å². The Bertz CT molecular complexity index is 965. The highest BCUT2D eigenvalue weighted by Gasteiger charge is 2.16. The maximum atomic E-state index is 12.6. The third-order valence-electron chi connectivity index (χ3n) is 4.22. The highest BCUT2D eigenvalue weighted by molar-refractivity contribution is 5.95. The van der Waals surface area contributed by atoms with E-state index < -0.39 is 0 Å². The minimum atomic E-state index is -0.319. The fraction of sp³-hybridized carbons (Fsp3) is 0.227. The maximum Gasteiger partial charge on any atom is 0.272 e. The molecule has 2 aromatic carbocycles. The predicted octanol–water partition coefficient (Wildman–Crippen LogP) is 3.55. The monoisotopic (exact) mass is 392 g/mol. The first-order valence-electron chi connectivity index (χ1n) is 9.56. The third-order valence-corrected chi connectivity index (χ3v) is 4.22. The number of carbonyl (C=O) groups is 2. The van der Waals surface area contributed by atoms with Crippen LogP contribution >= 0.6 is 0 Å². The van der Waals surface area contributed by atoms with Crippen molar-refractivity contribution in [1.82, 2.24) is 15.1 Å². The van der Waals surface area contributed by atoms with Gasteiger partial charge in [-0.05, 0) is 36.8 Å². The van der Waals surface area contributed by atoms with Crippen molar-refractivity contribution >= 4 is 17.6 Å². The van der Waals surface area contributed by atoms with Gasteiger partial charge in [-0.3, -0.25) is 9.59 Å². The number of carbonyl (C=O) groups excluding carboxylic acids is 2. The van der Waals surface area contributed by atoms with Crippen LogP contribution in [0.15, 0.2) is 60.7 Å². The number of para-hydroxylation sites is 1. The van der Waals surface area contributed by atoms with Crippen molar-refractivity contribution < 1.29 is 14.3 Å². The zero-order chi connectivity index (χ0) is 20.6. The normalized spacial score (nSPS) is 10.4. The molecule has 0 aliphatic heterocycles. The molecule has 0 spiro atoms. The van der Waals surface area contributed by atoms with Crippen LogP contribution in [0.3, 0.4) is 0 Å². The predicted molar refractivity (Wildman–Crippen MR) is 111 cm³/mol. The molecule has 0 saturated heterocycles. The average molecular weight is 392 g/mol. The summed E-state index contributed by atoms with van der Waals surface area (Å²) < 4.78 is 6.97. The van der Waals surface area contributed by atoms with E-state index in [1.165, 1.54) is 0 Å². The summed E-state index contributed by atoms with van der Waals surface area (Å²) >= 11 is 0. The second kappa shape index (κ2) is 9.54. The maximum absolute atomic E-state index is 12.6. The third kappa shape index (κ3) is 5.22. The molecule has 0 saturated carbocycles. The Kier molecular flexibility index (Phi) is 6.63. The van der Waals surface area contributed by atoms with Gasteiger partial charge in [-0.2, -0.15) is 5.10 Å². The van der Waals surface area contributed by atoms with E-state index in [0.29, 0.717) is 25.4 Å². The van der Waals surface area contributed by atoms with Crippen LogP contribution in [-0.4, -0.2) is 28.2 Å². The molecule has 7 nitrogen and oxygen atoms in total. The first kappa shape index (κ1) is 20.1. The van der Waals surface area contributed by atoms with Gasteiger partial charge in [-0.25, -0.2) is 4.68 Å². The lowest BCUT2D eigenvalue weighted by atomic mass is 10.2. The summed E-state index contributed by atoms with van der Waals surface area (Å²) in [6.45, 7) is 4.67. The second-order valence-electron chi connectivity index (χ2n) is 6.32. The van der Waals surface area contributed by atoms with Gasteiger partial charge in [0.05, 0.1) is 12.3 Å². The van der Waals surface area contributed by atoms with Crippen LogP contribution in [0.4, 0.5) is 5.82 Å². The quantitative estimate of drug-likeness (QED) is 0.614. The van der Waals surface area contributed by atoms with E-state index in [2.05, 4.69) is 15.7 Å². The van der Waals surface area contributed by atoms with Crippen molar-refractivity contribution in [2.24, 2.45) is 0 Å². The number of hydrogen-bond donors (Lipinski definition) is 2. The summed E-state index contributed by atoms with van der Waals surface area (Å²) in [5.74, 6) is 0.777. The van der Waals surface area contributed by atoms with E-state index in [0.717, 1.165) is 17.0 Å². The zero-order valence-corrected chi connectivity index (χ0v) is 16.5. The number of amides is 2. The molecule has 0 aliphatic rings. The van der Waals surface area contributed by atoms with Crippen molar-refractivity contribution in [2.45, 2.75) is 26.8 Å². The van der Waals surface area contributed by atoms with E-state index >= 15 is 0 Å². The van der Waals surface area contributed by atoms with Crippen molar-refractivity contribution in [1.29, 1.82) is 0 Å². The molecular weight excluding hydrogens is 368 g/mol. The van der Waals surface area contributed by atoms with Crippen molar-refractivity contribution in [3.8, 4) is 11.4 Å². The fourth-order valence-corrected chi connectivity index (χ4v) is 2.72. The number of anilines is 1. The van der Waals surface area contributed by atoms with Gasteiger partial charge >= 0.3 is 0 Å². The largest absolute Gasteiger partial charge is 0.494 e. The Hall–Kier alpha value is -3.61. The summed E-state index contributed by atoms with van der Waals surface area (Å²) in [5.41, 5.74) is 1.93. The zero-order valence-electron chi connectivity index (χ0n) is 16.5. The lowest BCUT2D eigenvalue weighted by Gasteiger charge is -2.07. The minimum Gasteiger partial charge on any atom is -0.494 e. The molecule has 7 heteroatoms. The van der Waals surface area contributed by atoms with E-state index in [9.17, 15) is 9.59 Å². The van der Waals surface area contributed by atoms with E-state index in [1.54, 1.807) is 17.7 Å². The van der Waals surface area contributed by atoms with Gasteiger partial charge in [0.1, 0.15) is 11.6 Å². The molecular formula is C22H24N4O3. The SMILES string of the molecule is CCOc1ccc(CNC(=O)c2cc(NC(=O)CC)n(-c3ccccc3)n2)cc1. The van der Waals surface area contributed by atoms with Crippen LogP contribution in [0.2, 0.25) is 0 Å². The molecule has 0 unspecified atom stereocenters. The fourth-order valence-electron chi connectivity index (χ4n) is 2.72. The molecule has 0 bridgehead atoms. The van der Waals surface area contributed by atoms with Gasteiger partial charge in [-0.1, -0.05) is 37.3 Å².